The molecule has 0 radical (unpaired) electrons. The summed E-state index contributed by atoms with van der Waals surface area (Å²) in [6.07, 6.45) is 2.01. The second-order valence-electron chi connectivity index (χ2n) is 7.14. The van der Waals surface area contributed by atoms with Gasteiger partial charge < -0.3 is 9.67 Å². The first kappa shape index (κ1) is 18.9. The molecule has 3 rings (SSSR count). The number of rotatable bonds is 7. The Balaban J connectivity index is 1.56. The first-order chi connectivity index (χ1) is 12.6. The second-order valence-corrected chi connectivity index (χ2v) is 7.14. The minimum atomic E-state index is -0.125. The predicted molar refractivity (Wildman–Crippen MR) is 98.1 cm³/mol. The topological polar surface area (TPSA) is 57.4 Å². The average molecular weight is 361 g/mol. The Morgan fingerprint density at radius 2 is 1.96 bits per heavy atom. The fourth-order valence-corrected chi connectivity index (χ4v) is 3.58. The van der Waals surface area contributed by atoms with Crippen LogP contribution in [0.2, 0.25) is 0 Å². The van der Waals surface area contributed by atoms with E-state index in [1.165, 1.54) is 6.07 Å². The number of likely N-dealkylation sites (tertiary alicyclic amines) is 1. The van der Waals surface area contributed by atoms with Gasteiger partial charge in [0, 0.05) is 31.6 Å². The largest absolute Gasteiger partial charge is 0.395 e. The van der Waals surface area contributed by atoms with Crippen LogP contribution >= 0.6 is 0 Å². The summed E-state index contributed by atoms with van der Waals surface area (Å²) in [6.45, 7) is 3.97. The zero-order valence-electron chi connectivity index (χ0n) is 15.6. The van der Waals surface area contributed by atoms with Crippen molar-refractivity contribution in [1.29, 1.82) is 0 Å². The number of piperidine rings is 1. The molecule has 0 unspecified atom stereocenters. The minimum absolute atomic E-state index is 0.125. The van der Waals surface area contributed by atoms with E-state index in [0.29, 0.717) is 25.6 Å². The Labute approximate surface area is 154 Å². The van der Waals surface area contributed by atoms with Crippen molar-refractivity contribution in [2.75, 3.05) is 33.3 Å². The number of aliphatic hydroxyl groups is 1. The third-order valence-electron chi connectivity index (χ3n) is 5.20. The lowest BCUT2D eigenvalue weighted by atomic mass is 9.95. The van der Waals surface area contributed by atoms with Crippen LogP contribution in [0.1, 0.15) is 36.0 Å². The Morgan fingerprint density at radius 1 is 1.23 bits per heavy atom. The number of likely N-dealkylation sites (N-methyl/N-ethyl adjacent to an activating group) is 1. The normalized spacial score (nSPS) is 16.5. The van der Waals surface area contributed by atoms with Gasteiger partial charge in [0.2, 0.25) is 0 Å². The highest BCUT2D eigenvalue weighted by Gasteiger charge is 2.25. The van der Waals surface area contributed by atoms with Crippen molar-refractivity contribution >= 4 is 0 Å². The highest BCUT2D eigenvalue weighted by molar-refractivity contribution is 5.17. The summed E-state index contributed by atoms with van der Waals surface area (Å²) < 4.78 is 15.9. The van der Waals surface area contributed by atoms with Crippen molar-refractivity contribution in [3.8, 4) is 0 Å². The van der Waals surface area contributed by atoms with E-state index < -0.39 is 0 Å². The minimum Gasteiger partial charge on any atom is -0.395 e. The standard InChI is InChI=1S/C19H28FN5O/c1-23(11-12-26)14-18-21-22-19(24(18)2)15-7-9-25(10-8-15)13-16-5-3-4-6-17(16)20/h3-6,15,26H,7-14H2,1-2H3. The van der Waals surface area contributed by atoms with Gasteiger partial charge in [0.25, 0.3) is 0 Å². The van der Waals surface area contributed by atoms with Crippen LogP contribution in [0.3, 0.4) is 0 Å². The number of aliphatic hydroxyl groups excluding tert-OH is 1. The quantitative estimate of drug-likeness (QED) is 0.814. The van der Waals surface area contributed by atoms with Gasteiger partial charge in [0.1, 0.15) is 17.5 Å². The zero-order chi connectivity index (χ0) is 18.5. The van der Waals surface area contributed by atoms with E-state index in [0.717, 1.165) is 43.1 Å². The van der Waals surface area contributed by atoms with E-state index in [1.54, 1.807) is 6.07 Å². The van der Waals surface area contributed by atoms with Crippen LogP contribution in [0.4, 0.5) is 4.39 Å². The summed E-state index contributed by atoms with van der Waals surface area (Å²) in [5, 5.41) is 17.8. The fourth-order valence-electron chi connectivity index (χ4n) is 3.58. The second kappa shape index (κ2) is 8.70. The molecule has 1 aliphatic heterocycles. The molecule has 1 aliphatic rings. The molecule has 26 heavy (non-hydrogen) atoms. The van der Waals surface area contributed by atoms with E-state index in [2.05, 4.69) is 19.7 Å². The number of benzene rings is 1. The molecule has 7 heteroatoms. The monoisotopic (exact) mass is 361 g/mol. The SMILES string of the molecule is CN(CCO)Cc1nnc(C2CCN(Cc3ccccc3F)CC2)n1C. The molecule has 6 nitrogen and oxygen atoms in total. The fraction of sp³-hybridized carbons (Fsp3) is 0.579. The number of hydrogen-bond donors (Lipinski definition) is 1. The summed E-state index contributed by atoms with van der Waals surface area (Å²) in [5.41, 5.74) is 0.763. The van der Waals surface area contributed by atoms with Crippen molar-refractivity contribution < 1.29 is 9.50 Å². The average Bonchev–Trinajstić information content (AvgIpc) is 2.98. The number of nitrogens with zero attached hydrogens (tertiary/aromatic N) is 5. The molecule has 1 saturated heterocycles. The van der Waals surface area contributed by atoms with Crippen molar-refractivity contribution in [3.05, 3.63) is 47.3 Å². The summed E-state index contributed by atoms with van der Waals surface area (Å²) in [6, 6.07) is 7.00. The number of halogens is 1. The van der Waals surface area contributed by atoms with Crippen LogP contribution < -0.4 is 0 Å². The van der Waals surface area contributed by atoms with Gasteiger partial charge in [-0.15, -0.1) is 10.2 Å². The van der Waals surface area contributed by atoms with Gasteiger partial charge in [-0.25, -0.2) is 4.39 Å². The van der Waals surface area contributed by atoms with Crippen LogP contribution in [-0.4, -0.2) is 63.0 Å². The van der Waals surface area contributed by atoms with Gasteiger partial charge in [-0.3, -0.25) is 9.80 Å². The van der Waals surface area contributed by atoms with E-state index in [9.17, 15) is 4.39 Å². The Hall–Kier alpha value is -1.83. The van der Waals surface area contributed by atoms with Crippen molar-refractivity contribution in [3.63, 3.8) is 0 Å². The molecule has 2 heterocycles. The van der Waals surface area contributed by atoms with Gasteiger partial charge in [0.05, 0.1) is 13.2 Å². The Kier molecular flexibility index (Phi) is 6.34. The molecule has 0 amide bonds. The van der Waals surface area contributed by atoms with Crippen LogP contribution in [0.5, 0.6) is 0 Å². The van der Waals surface area contributed by atoms with Crippen LogP contribution in [0.15, 0.2) is 24.3 Å². The van der Waals surface area contributed by atoms with Gasteiger partial charge in [0.15, 0.2) is 0 Å². The smallest absolute Gasteiger partial charge is 0.146 e. The highest BCUT2D eigenvalue weighted by atomic mass is 19.1. The van der Waals surface area contributed by atoms with Gasteiger partial charge in [-0.1, -0.05) is 18.2 Å². The van der Waals surface area contributed by atoms with E-state index in [4.69, 9.17) is 5.11 Å². The van der Waals surface area contributed by atoms with Gasteiger partial charge >= 0.3 is 0 Å². The molecule has 0 saturated carbocycles. The number of hydrogen-bond acceptors (Lipinski definition) is 5. The molecular formula is C19H28FN5O. The molecule has 2 aromatic rings. The van der Waals surface area contributed by atoms with Crippen molar-refractivity contribution in [2.45, 2.75) is 31.8 Å². The maximum atomic E-state index is 13.8. The molecule has 0 spiro atoms. The molecule has 0 aliphatic carbocycles. The lowest BCUT2D eigenvalue weighted by molar-refractivity contribution is 0.197. The lowest BCUT2D eigenvalue weighted by Gasteiger charge is -2.31. The molecular weight excluding hydrogens is 333 g/mol. The summed E-state index contributed by atoms with van der Waals surface area (Å²) in [5.74, 6) is 2.22. The van der Waals surface area contributed by atoms with Gasteiger partial charge in [-0.05, 0) is 39.0 Å². The molecule has 142 valence electrons. The van der Waals surface area contributed by atoms with Crippen molar-refractivity contribution in [2.24, 2.45) is 7.05 Å². The first-order valence-electron chi connectivity index (χ1n) is 9.21. The summed E-state index contributed by atoms with van der Waals surface area (Å²) >= 11 is 0. The lowest BCUT2D eigenvalue weighted by Crippen LogP contribution is -2.33. The van der Waals surface area contributed by atoms with Crippen molar-refractivity contribution in [1.82, 2.24) is 24.6 Å². The third-order valence-corrected chi connectivity index (χ3v) is 5.20. The highest BCUT2D eigenvalue weighted by Crippen LogP contribution is 2.28. The Morgan fingerprint density at radius 3 is 2.65 bits per heavy atom. The van der Waals surface area contributed by atoms with E-state index in [1.807, 2.05) is 31.1 Å². The maximum Gasteiger partial charge on any atom is 0.146 e. The molecule has 1 aromatic heterocycles. The first-order valence-corrected chi connectivity index (χ1v) is 9.21. The molecule has 1 N–H and O–H groups in total. The molecule has 0 atom stereocenters. The maximum absolute atomic E-state index is 13.8. The van der Waals surface area contributed by atoms with Crippen LogP contribution in [0, 0.1) is 5.82 Å². The third kappa shape index (κ3) is 4.47. The van der Waals surface area contributed by atoms with Gasteiger partial charge in [-0.2, -0.15) is 0 Å². The zero-order valence-corrected chi connectivity index (χ0v) is 15.6. The van der Waals surface area contributed by atoms with Crippen LogP contribution in [-0.2, 0) is 20.1 Å². The van der Waals surface area contributed by atoms with E-state index in [-0.39, 0.29) is 12.4 Å². The molecule has 0 bridgehead atoms. The summed E-state index contributed by atoms with van der Waals surface area (Å²) in [7, 11) is 3.98. The Bertz CT molecular complexity index is 712. The van der Waals surface area contributed by atoms with Crippen LogP contribution in [0.25, 0.3) is 0 Å². The number of aromatic nitrogens is 3. The molecule has 1 aromatic carbocycles. The predicted octanol–water partition coefficient (Wildman–Crippen LogP) is 1.76. The molecule has 1 fully saturated rings. The van der Waals surface area contributed by atoms with E-state index >= 15 is 0 Å². The summed E-state index contributed by atoms with van der Waals surface area (Å²) in [4.78, 5) is 4.34.